The summed E-state index contributed by atoms with van der Waals surface area (Å²) in [4.78, 5) is 10.6. The maximum absolute atomic E-state index is 10.6. The van der Waals surface area contributed by atoms with Crippen LogP contribution in [0, 0.1) is 0 Å². The number of ether oxygens (including phenoxy) is 1. The largest absolute Gasteiger partial charge is 1.00 e. The van der Waals surface area contributed by atoms with Crippen LogP contribution in [0.1, 0.15) is 0 Å². The first kappa shape index (κ1) is 15.3. The third-order valence-corrected chi connectivity index (χ3v) is 2.01. The number of rotatable bonds is 3. The van der Waals surface area contributed by atoms with Gasteiger partial charge in [0, 0.05) is 0 Å². The Labute approximate surface area is 107 Å². The standard InChI is InChI=1S/C5H8O8S.Na/c6-3-2(1-12-14(9,10)11)13-5(8)4(3)7;/h2-4,6-7H,1H2,(H,9,10,11);/q;+1/p-1. The maximum Gasteiger partial charge on any atom is 1.00 e. The number of aliphatic hydroxyl groups is 2. The number of carbonyl (C=O) groups is 1. The topological polar surface area (TPSA) is 133 Å². The van der Waals surface area contributed by atoms with Gasteiger partial charge in [0.15, 0.2) is 12.2 Å². The van der Waals surface area contributed by atoms with Crippen LogP contribution in [-0.4, -0.2) is 54.1 Å². The molecule has 10 heteroatoms. The number of esters is 1. The zero-order valence-electron chi connectivity index (χ0n) is 7.69. The van der Waals surface area contributed by atoms with Crippen LogP contribution in [0.3, 0.4) is 0 Å². The summed E-state index contributed by atoms with van der Waals surface area (Å²) < 4.78 is 38.0. The Bertz CT molecular complexity index is 326. The van der Waals surface area contributed by atoms with Crippen molar-refractivity contribution in [3.63, 3.8) is 0 Å². The summed E-state index contributed by atoms with van der Waals surface area (Å²) in [6.07, 6.45) is -4.68. The van der Waals surface area contributed by atoms with Crippen molar-refractivity contribution in [1.82, 2.24) is 0 Å². The minimum absolute atomic E-state index is 0. The smallest absolute Gasteiger partial charge is 0.726 e. The molecule has 0 aromatic heterocycles. The van der Waals surface area contributed by atoms with Crippen LogP contribution in [0.2, 0.25) is 0 Å². The van der Waals surface area contributed by atoms with E-state index in [1.165, 1.54) is 0 Å². The van der Waals surface area contributed by atoms with E-state index in [2.05, 4.69) is 8.92 Å². The van der Waals surface area contributed by atoms with Crippen LogP contribution >= 0.6 is 0 Å². The van der Waals surface area contributed by atoms with Crippen LogP contribution in [0.5, 0.6) is 0 Å². The van der Waals surface area contributed by atoms with E-state index in [1.807, 2.05) is 0 Å². The summed E-state index contributed by atoms with van der Waals surface area (Å²) in [5.74, 6) is -1.09. The summed E-state index contributed by atoms with van der Waals surface area (Å²) in [5.41, 5.74) is 0. The minimum atomic E-state index is -4.90. The quantitative estimate of drug-likeness (QED) is 0.219. The number of hydrogen-bond acceptors (Lipinski definition) is 8. The van der Waals surface area contributed by atoms with E-state index in [-0.39, 0.29) is 29.6 Å². The van der Waals surface area contributed by atoms with Gasteiger partial charge < -0.3 is 19.5 Å². The number of aliphatic hydroxyl groups excluding tert-OH is 2. The third-order valence-electron chi connectivity index (χ3n) is 1.59. The van der Waals surface area contributed by atoms with Crippen molar-refractivity contribution >= 4 is 16.4 Å². The van der Waals surface area contributed by atoms with E-state index in [4.69, 9.17) is 10.2 Å². The van der Waals surface area contributed by atoms with E-state index in [0.717, 1.165) is 0 Å². The maximum atomic E-state index is 10.6. The van der Waals surface area contributed by atoms with Gasteiger partial charge in [-0.3, -0.25) is 4.18 Å². The molecule has 1 aliphatic rings. The molecule has 0 radical (unpaired) electrons. The molecule has 1 heterocycles. The molecular weight excluding hydrogens is 243 g/mol. The molecule has 82 valence electrons. The van der Waals surface area contributed by atoms with E-state index in [1.54, 1.807) is 0 Å². The average molecular weight is 250 g/mol. The van der Waals surface area contributed by atoms with Crippen LogP contribution in [0.25, 0.3) is 0 Å². The number of hydrogen-bond donors (Lipinski definition) is 2. The second-order valence-corrected chi connectivity index (χ2v) is 3.66. The van der Waals surface area contributed by atoms with E-state index < -0.39 is 41.3 Å². The fraction of sp³-hybridized carbons (Fsp3) is 0.800. The van der Waals surface area contributed by atoms with Gasteiger partial charge >= 0.3 is 35.5 Å². The second-order valence-electron chi connectivity index (χ2n) is 2.60. The first-order valence-electron chi connectivity index (χ1n) is 3.48. The van der Waals surface area contributed by atoms with Crippen molar-refractivity contribution < 1.29 is 66.5 Å². The molecule has 0 saturated carbocycles. The van der Waals surface area contributed by atoms with Crippen LogP contribution in [0.15, 0.2) is 0 Å². The van der Waals surface area contributed by atoms with Gasteiger partial charge in [-0.15, -0.1) is 0 Å². The molecule has 0 aliphatic carbocycles. The summed E-state index contributed by atoms with van der Waals surface area (Å²) >= 11 is 0. The summed E-state index contributed by atoms with van der Waals surface area (Å²) in [6.45, 7) is -0.810. The molecule has 0 bridgehead atoms. The van der Waals surface area contributed by atoms with Crippen molar-refractivity contribution in [1.29, 1.82) is 0 Å². The van der Waals surface area contributed by atoms with Crippen LogP contribution in [0.4, 0.5) is 0 Å². The monoisotopic (exact) mass is 250 g/mol. The molecule has 0 amide bonds. The Morgan fingerprint density at radius 2 is 2.00 bits per heavy atom. The molecule has 1 fully saturated rings. The van der Waals surface area contributed by atoms with Gasteiger partial charge in [0.25, 0.3) is 0 Å². The average Bonchev–Trinajstić information content (AvgIpc) is 2.28. The van der Waals surface area contributed by atoms with Crippen LogP contribution < -0.4 is 29.6 Å². The molecule has 0 aromatic rings. The Kier molecular flexibility index (Phi) is 5.64. The number of carbonyl (C=O) groups excluding carboxylic acids is 1. The van der Waals surface area contributed by atoms with E-state index >= 15 is 0 Å². The summed E-state index contributed by atoms with van der Waals surface area (Å²) in [6, 6.07) is 0. The second kappa shape index (κ2) is 5.55. The SMILES string of the molecule is O=C1OC(COS(=O)(=O)[O-])C(O)C1O.[Na+]. The van der Waals surface area contributed by atoms with Gasteiger partial charge in [-0.2, -0.15) is 0 Å². The van der Waals surface area contributed by atoms with E-state index in [0.29, 0.717) is 0 Å². The zero-order valence-corrected chi connectivity index (χ0v) is 10.5. The molecule has 15 heavy (non-hydrogen) atoms. The number of cyclic esters (lactones) is 1. The Morgan fingerprint density at radius 1 is 1.47 bits per heavy atom. The molecule has 3 unspecified atom stereocenters. The Balaban J connectivity index is 0.00000196. The van der Waals surface area contributed by atoms with Gasteiger partial charge in [-0.1, -0.05) is 0 Å². The van der Waals surface area contributed by atoms with Crippen molar-refractivity contribution in [2.24, 2.45) is 0 Å². The molecule has 3 atom stereocenters. The Hall–Kier alpha value is 0.260. The molecular formula is C5H7NaO8S. The summed E-state index contributed by atoms with van der Waals surface area (Å²) in [5, 5.41) is 17.9. The van der Waals surface area contributed by atoms with Crippen LogP contribution in [-0.2, 0) is 24.1 Å². The summed E-state index contributed by atoms with van der Waals surface area (Å²) in [7, 11) is -4.90. The molecule has 0 spiro atoms. The van der Waals surface area contributed by atoms with Crippen molar-refractivity contribution in [3.8, 4) is 0 Å². The fourth-order valence-electron chi connectivity index (χ4n) is 0.914. The van der Waals surface area contributed by atoms with Gasteiger partial charge in [0.2, 0.25) is 10.4 Å². The van der Waals surface area contributed by atoms with Gasteiger partial charge in [-0.25, -0.2) is 13.2 Å². The zero-order chi connectivity index (χ0) is 10.9. The third kappa shape index (κ3) is 4.33. The van der Waals surface area contributed by atoms with Crippen molar-refractivity contribution in [3.05, 3.63) is 0 Å². The molecule has 8 nitrogen and oxygen atoms in total. The van der Waals surface area contributed by atoms with Crippen molar-refractivity contribution in [2.75, 3.05) is 6.61 Å². The van der Waals surface area contributed by atoms with Crippen molar-refractivity contribution in [2.45, 2.75) is 18.3 Å². The Morgan fingerprint density at radius 3 is 2.33 bits per heavy atom. The van der Waals surface area contributed by atoms with Gasteiger partial charge in [-0.05, 0) is 0 Å². The first-order chi connectivity index (χ1) is 6.31. The first-order valence-corrected chi connectivity index (χ1v) is 4.81. The molecule has 1 saturated heterocycles. The van der Waals surface area contributed by atoms with Gasteiger partial charge in [0.1, 0.15) is 12.7 Å². The molecule has 1 aliphatic heterocycles. The molecule has 1 rings (SSSR count). The predicted octanol–water partition coefficient (Wildman–Crippen LogP) is -5.89. The molecule has 0 aromatic carbocycles. The normalized spacial score (nSPS) is 30.9. The fourth-order valence-corrected chi connectivity index (χ4v) is 1.22. The molecule has 2 N–H and O–H groups in total. The minimum Gasteiger partial charge on any atom is -0.726 e. The van der Waals surface area contributed by atoms with Gasteiger partial charge in [0.05, 0.1) is 0 Å². The van der Waals surface area contributed by atoms with E-state index in [9.17, 15) is 17.8 Å². The predicted molar refractivity (Wildman–Crippen MR) is 37.5 cm³/mol.